The van der Waals surface area contributed by atoms with E-state index in [2.05, 4.69) is 44.3 Å². The zero-order chi connectivity index (χ0) is 12.7. The molecule has 1 atom stereocenters. The van der Waals surface area contributed by atoms with Crippen molar-refractivity contribution < 1.29 is 4.74 Å². The molecule has 1 N–H and O–H groups in total. The van der Waals surface area contributed by atoms with Crippen molar-refractivity contribution in [2.24, 2.45) is 0 Å². The Morgan fingerprint density at radius 1 is 1.29 bits per heavy atom. The van der Waals surface area contributed by atoms with E-state index in [9.17, 15) is 0 Å². The summed E-state index contributed by atoms with van der Waals surface area (Å²) in [6, 6.07) is 6.96. The summed E-state index contributed by atoms with van der Waals surface area (Å²) in [5.41, 5.74) is 2.61. The van der Waals surface area contributed by atoms with Gasteiger partial charge in [0.15, 0.2) is 0 Å². The molecule has 0 saturated heterocycles. The summed E-state index contributed by atoms with van der Waals surface area (Å²) in [4.78, 5) is 0. The topological polar surface area (TPSA) is 21.3 Å². The minimum atomic E-state index is 0.556. The number of nitrogens with one attached hydrogen (secondary N) is 1. The quantitative estimate of drug-likeness (QED) is 0.782. The SMILES string of the molecule is CCCC(Cc1cc(C)ccc1OC)NCC. The van der Waals surface area contributed by atoms with E-state index in [4.69, 9.17) is 4.74 Å². The lowest BCUT2D eigenvalue weighted by atomic mass is 9.99. The lowest BCUT2D eigenvalue weighted by Gasteiger charge is -2.19. The van der Waals surface area contributed by atoms with Gasteiger partial charge in [-0.05, 0) is 37.9 Å². The minimum Gasteiger partial charge on any atom is -0.496 e. The van der Waals surface area contributed by atoms with Gasteiger partial charge in [0.1, 0.15) is 5.75 Å². The molecule has 0 aliphatic rings. The molecule has 1 aromatic rings. The van der Waals surface area contributed by atoms with Gasteiger partial charge in [0.05, 0.1) is 7.11 Å². The van der Waals surface area contributed by atoms with Crippen molar-refractivity contribution in [3.63, 3.8) is 0 Å². The predicted octanol–water partition coefficient (Wildman–Crippen LogP) is 3.32. The third kappa shape index (κ3) is 4.39. The molecular formula is C15H25NO. The molecule has 0 radical (unpaired) electrons. The Hall–Kier alpha value is -1.02. The van der Waals surface area contributed by atoms with Crippen LogP contribution in [0.15, 0.2) is 18.2 Å². The normalized spacial score (nSPS) is 12.5. The van der Waals surface area contributed by atoms with Crippen LogP contribution in [0.3, 0.4) is 0 Å². The predicted molar refractivity (Wildman–Crippen MR) is 73.8 cm³/mol. The first-order valence-electron chi connectivity index (χ1n) is 6.58. The van der Waals surface area contributed by atoms with Gasteiger partial charge in [0, 0.05) is 6.04 Å². The highest BCUT2D eigenvalue weighted by Gasteiger charge is 2.11. The Kier molecular flexibility index (Phi) is 6.06. The van der Waals surface area contributed by atoms with Gasteiger partial charge in [0.2, 0.25) is 0 Å². The van der Waals surface area contributed by atoms with Gasteiger partial charge in [0.25, 0.3) is 0 Å². The Labute approximate surface area is 105 Å². The van der Waals surface area contributed by atoms with Gasteiger partial charge in [-0.25, -0.2) is 0 Å². The first kappa shape index (κ1) is 14.0. The average molecular weight is 235 g/mol. The maximum Gasteiger partial charge on any atom is 0.122 e. The number of ether oxygens (including phenoxy) is 1. The lowest BCUT2D eigenvalue weighted by Crippen LogP contribution is -2.30. The highest BCUT2D eigenvalue weighted by Crippen LogP contribution is 2.22. The zero-order valence-corrected chi connectivity index (χ0v) is 11.5. The standard InChI is InChI=1S/C15H25NO/c1-5-7-14(16-6-2)11-13-10-12(3)8-9-15(13)17-4/h8-10,14,16H,5-7,11H2,1-4H3. The molecule has 17 heavy (non-hydrogen) atoms. The average Bonchev–Trinajstić information content (AvgIpc) is 2.30. The minimum absolute atomic E-state index is 0.556. The summed E-state index contributed by atoms with van der Waals surface area (Å²) in [6.07, 6.45) is 3.48. The maximum atomic E-state index is 5.43. The molecule has 1 rings (SSSR count). The van der Waals surface area contributed by atoms with Crippen LogP contribution in [0, 0.1) is 6.92 Å². The van der Waals surface area contributed by atoms with E-state index >= 15 is 0 Å². The van der Waals surface area contributed by atoms with Crippen LogP contribution in [-0.4, -0.2) is 19.7 Å². The largest absolute Gasteiger partial charge is 0.496 e. The fourth-order valence-electron chi connectivity index (χ4n) is 2.25. The molecule has 0 aliphatic heterocycles. The van der Waals surface area contributed by atoms with Gasteiger partial charge in [-0.1, -0.05) is 38.0 Å². The Morgan fingerprint density at radius 3 is 2.65 bits per heavy atom. The third-order valence-corrected chi connectivity index (χ3v) is 3.03. The van der Waals surface area contributed by atoms with E-state index in [0.29, 0.717) is 6.04 Å². The molecule has 2 nitrogen and oxygen atoms in total. The molecule has 96 valence electrons. The van der Waals surface area contributed by atoms with E-state index in [1.165, 1.54) is 24.0 Å². The molecular weight excluding hydrogens is 210 g/mol. The number of hydrogen-bond donors (Lipinski definition) is 1. The van der Waals surface area contributed by atoms with Crippen LogP contribution in [0.2, 0.25) is 0 Å². The van der Waals surface area contributed by atoms with Gasteiger partial charge >= 0.3 is 0 Å². The molecule has 0 amide bonds. The highest BCUT2D eigenvalue weighted by molar-refractivity contribution is 5.37. The zero-order valence-electron chi connectivity index (χ0n) is 11.5. The smallest absolute Gasteiger partial charge is 0.122 e. The number of rotatable bonds is 7. The molecule has 0 fully saturated rings. The maximum absolute atomic E-state index is 5.43. The van der Waals surface area contributed by atoms with Crippen molar-refractivity contribution in [3.8, 4) is 5.75 Å². The fourth-order valence-corrected chi connectivity index (χ4v) is 2.25. The molecule has 0 heterocycles. The summed E-state index contributed by atoms with van der Waals surface area (Å²) in [7, 11) is 1.75. The van der Waals surface area contributed by atoms with E-state index in [1.54, 1.807) is 7.11 Å². The Balaban J connectivity index is 2.79. The second-order valence-electron chi connectivity index (χ2n) is 4.56. The van der Waals surface area contributed by atoms with Crippen LogP contribution in [0.5, 0.6) is 5.75 Å². The van der Waals surface area contributed by atoms with Gasteiger partial charge in [-0.2, -0.15) is 0 Å². The van der Waals surface area contributed by atoms with Crippen molar-refractivity contribution in [2.75, 3.05) is 13.7 Å². The first-order valence-corrected chi connectivity index (χ1v) is 6.58. The molecule has 0 saturated carbocycles. The molecule has 1 aromatic carbocycles. The molecule has 0 spiro atoms. The van der Waals surface area contributed by atoms with Crippen LogP contribution in [0.25, 0.3) is 0 Å². The summed E-state index contributed by atoms with van der Waals surface area (Å²) in [5, 5.41) is 3.55. The molecule has 0 aliphatic carbocycles. The number of methoxy groups -OCH3 is 1. The van der Waals surface area contributed by atoms with E-state index in [0.717, 1.165) is 18.7 Å². The van der Waals surface area contributed by atoms with Gasteiger partial charge in [-0.3, -0.25) is 0 Å². The van der Waals surface area contributed by atoms with Crippen molar-refractivity contribution in [1.82, 2.24) is 5.32 Å². The summed E-state index contributed by atoms with van der Waals surface area (Å²) >= 11 is 0. The summed E-state index contributed by atoms with van der Waals surface area (Å²) in [5.74, 6) is 1.01. The number of hydrogen-bond acceptors (Lipinski definition) is 2. The van der Waals surface area contributed by atoms with Gasteiger partial charge < -0.3 is 10.1 Å². The first-order chi connectivity index (χ1) is 8.21. The molecule has 0 aromatic heterocycles. The van der Waals surface area contributed by atoms with Crippen molar-refractivity contribution in [1.29, 1.82) is 0 Å². The monoisotopic (exact) mass is 235 g/mol. The highest BCUT2D eigenvalue weighted by atomic mass is 16.5. The number of aryl methyl sites for hydroxylation is 1. The van der Waals surface area contributed by atoms with E-state index < -0.39 is 0 Å². The Morgan fingerprint density at radius 2 is 2.06 bits per heavy atom. The molecule has 2 heteroatoms. The van der Waals surface area contributed by atoms with Crippen LogP contribution in [0.4, 0.5) is 0 Å². The second-order valence-corrected chi connectivity index (χ2v) is 4.56. The van der Waals surface area contributed by atoms with E-state index in [-0.39, 0.29) is 0 Å². The van der Waals surface area contributed by atoms with Gasteiger partial charge in [-0.15, -0.1) is 0 Å². The van der Waals surface area contributed by atoms with Crippen molar-refractivity contribution in [3.05, 3.63) is 29.3 Å². The van der Waals surface area contributed by atoms with Crippen LogP contribution >= 0.6 is 0 Å². The fraction of sp³-hybridized carbons (Fsp3) is 0.600. The molecule has 1 unspecified atom stereocenters. The van der Waals surface area contributed by atoms with Crippen molar-refractivity contribution >= 4 is 0 Å². The number of benzene rings is 1. The van der Waals surface area contributed by atoms with Crippen LogP contribution in [0.1, 0.15) is 37.8 Å². The summed E-state index contributed by atoms with van der Waals surface area (Å²) < 4.78 is 5.43. The molecule has 0 bridgehead atoms. The van der Waals surface area contributed by atoms with Crippen molar-refractivity contribution in [2.45, 2.75) is 46.1 Å². The Bertz CT molecular complexity index is 330. The third-order valence-electron chi connectivity index (χ3n) is 3.03. The van der Waals surface area contributed by atoms with Crippen LogP contribution < -0.4 is 10.1 Å². The second kappa shape index (κ2) is 7.33. The van der Waals surface area contributed by atoms with E-state index in [1.807, 2.05) is 0 Å². The number of likely N-dealkylation sites (N-methyl/N-ethyl adjacent to an activating group) is 1. The lowest BCUT2D eigenvalue weighted by molar-refractivity contribution is 0.402. The summed E-state index contributed by atoms with van der Waals surface area (Å²) in [6.45, 7) is 7.55. The van der Waals surface area contributed by atoms with Crippen LogP contribution in [-0.2, 0) is 6.42 Å².